The first-order valence-electron chi connectivity index (χ1n) is 4.54. The van der Waals surface area contributed by atoms with E-state index in [1.54, 1.807) is 6.20 Å². The molecule has 2 N–H and O–H groups in total. The van der Waals surface area contributed by atoms with Gasteiger partial charge in [-0.2, -0.15) is 0 Å². The van der Waals surface area contributed by atoms with Crippen LogP contribution in [0.3, 0.4) is 0 Å². The molecule has 0 spiro atoms. The van der Waals surface area contributed by atoms with Crippen LogP contribution in [-0.2, 0) is 0 Å². The third kappa shape index (κ3) is 1.46. The van der Waals surface area contributed by atoms with Crippen molar-refractivity contribution in [3.8, 4) is 11.1 Å². The van der Waals surface area contributed by atoms with E-state index >= 15 is 0 Å². The molecule has 0 saturated heterocycles. The second-order valence-corrected chi connectivity index (χ2v) is 3.28. The van der Waals surface area contributed by atoms with Crippen LogP contribution >= 0.6 is 0 Å². The molecule has 2 rings (SSSR count). The lowest BCUT2D eigenvalue weighted by Gasteiger charge is -2.07. The van der Waals surface area contributed by atoms with Gasteiger partial charge in [-0.3, -0.25) is 4.98 Å². The average Bonchev–Trinajstić information content (AvgIpc) is 2.23. The molecular weight excluding hydrogens is 172 g/mol. The third-order valence-electron chi connectivity index (χ3n) is 2.30. The number of aryl methyl sites for hydroxylation is 1. The number of hydrogen-bond acceptors (Lipinski definition) is 2. The summed E-state index contributed by atoms with van der Waals surface area (Å²) < 4.78 is 0. The number of nitrogens with two attached hydrogens (primary N) is 1. The van der Waals surface area contributed by atoms with Crippen molar-refractivity contribution >= 4 is 5.69 Å². The van der Waals surface area contributed by atoms with Gasteiger partial charge in [0.05, 0.1) is 0 Å². The summed E-state index contributed by atoms with van der Waals surface area (Å²) in [7, 11) is 0. The lowest BCUT2D eigenvalue weighted by atomic mass is 10.0. The standard InChI is InChI=1S/C12H12N2/c1-9-4-2-6-11(12(9)13)10-5-3-7-14-8-10/h2-8H,13H2,1H3. The van der Waals surface area contributed by atoms with Crippen molar-refractivity contribution in [2.75, 3.05) is 5.73 Å². The van der Waals surface area contributed by atoms with Crippen LogP contribution < -0.4 is 5.73 Å². The smallest absolute Gasteiger partial charge is 0.0423 e. The van der Waals surface area contributed by atoms with Crippen molar-refractivity contribution < 1.29 is 0 Å². The lowest BCUT2D eigenvalue weighted by molar-refractivity contribution is 1.33. The Labute approximate surface area is 83.4 Å². The molecule has 0 atom stereocenters. The monoisotopic (exact) mass is 184 g/mol. The van der Waals surface area contributed by atoms with Gasteiger partial charge in [0.25, 0.3) is 0 Å². The molecule has 2 nitrogen and oxygen atoms in total. The lowest BCUT2D eigenvalue weighted by Crippen LogP contribution is -1.93. The van der Waals surface area contributed by atoms with Gasteiger partial charge in [-0.05, 0) is 18.6 Å². The van der Waals surface area contributed by atoms with Crippen LogP contribution in [0.4, 0.5) is 5.69 Å². The van der Waals surface area contributed by atoms with E-state index in [0.29, 0.717) is 0 Å². The molecule has 1 heterocycles. The van der Waals surface area contributed by atoms with Crippen LogP contribution in [0.1, 0.15) is 5.56 Å². The summed E-state index contributed by atoms with van der Waals surface area (Å²) in [4.78, 5) is 4.08. The summed E-state index contributed by atoms with van der Waals surface area (Å²) >= 11 is 0. The second-order valence-electron chi connectivity index (χ2n) is 3.28. The highest BCUT2D eigenvalue weighted by Crippen LogP contribution is 2.26. The summed E-state index contributed by atoms with van der Waals surface area (Å²) in [5.41, 5.74) is 10.0. The Morgan fingerprint density at radius 1 is 1.14 bits per heavy atom. The van der Waals surface area contributed by atoms with Gasteiger partial charge in [0.2, 0.25) is 0 Å². The largest absolute Gasteiger partial charge is 0.398 e. The van der Waals surface area contributed by atoms with Crippen LogP contribution in [-0.4, -0.2) is 4.98 Å². The Kier molecular flexibility index (Phi) is 2.19. The van der Waals surface area contributed by atoms with Gasteiger partial charge in [0.15, 0.2) is 0 Å². The molecular formula is C12H12N2. The summed E-state index contributed by atoms with van der Waals surface area (Å²) in [6.45, 7) is 2.01. The summed E-state index contributed by atoms with van der Waals surface area (Å²) in [5.74, 6) is 0. The number of anilines is 1. The quantitative estimate of drug-likeness (QED) is 0.692. The van der Waals surface area contributed by atoms with Gasteiger partial charge in [0.1, 0.15) is 0 Å². The van der Waals surface area contributed by atoms with Crippen LogP contribution in [0.25, 0.3) is 11.1 Å². The number of para-hydroxylation sites is 1. The average molecular weight is 184 g/mol. The molecule has 0 fully saturated rings. The van der Waals surface area contributed by atoms with E-state index in [0.717, 1.165) is 22.4 Å². The Bertz CT molecular complexity index is 435. The number of pyridine rings is 1. The van der Waals surface area contributed by atoms with Gasteiger partial charge in [-0.15, -0.1) is 0 Å². The van der Waals surface area contributed by atoms with E-state index in [9.17, 15) is 0 Å². The number of hydrogen-bond donors (Lipinski definition) is 1. The summed E-state index contributed by atoms with van der Waals surface area (Å²) in [6.07, 6.45) is 3.58. The Morgan fingerprint density at radius 3 is 2.71 bits per heavy atom. The molecule has 0 radical (unpaired) electrons. The Hall–Kier alpha value is -1.83. The fourth-order valence-corrected chi connectivity index (χ4v) is 1.45. The first kappa shape index (κ1) is 8.75. The van der Waals surface area contributed by atoms with Crippen LogP contribution in [0.2, 0.25) is 0 Å². The maximum absolute atomic E-state index is 5.99. The molecule has 70 valence electrons. The third-order valence-corrected chi connectivity index (χ3v) is 2.30. The topological polar surface area (TPSA) is 38.9 Å². The Balaban J connectivity index is 2.58. The molecule has 0 amide bonds. The Morgan fingerprint density at radius 2 is 2.00 bits per heavy atom. The molecule has 0 unspecified atom stereocenters. The summed E-state index contributed by atoms with van der Waals surface area (Å²) in [6, 6.07) is 9.96. The molecule has 0 aliphatic carbocycles. The highest BCUT2D eigenvalue weighted by Gasteiger charge is 2.03. The number of benzene rings is 1. The van der Waals surface area contributed by atoms with Crippen molar-refractivity contribution in [3.05, 3.63) is 48.3 Å². The maximum atomic E-state index is 5.99. The van der Waals surface area contributed by atoms with E-state index in [-0.39, 0.29) is 0 Å². The van der Waals surface area contributed by atoms with Gasteiger partial charge in [0, 0.05) is 29.2 Å². The van der Waals surface area contributed by atoms with Crippen molar-refractivity contribution in [2.45, 2.75) is 6.92 Å². The maximum Gasteiger partial charge on any atom is 0.0423 e. The predicted octanol–water partition coefficient (Wildman–Crippen LogP) is 2.64. The zero-order chi connectivity index (χ0) is 9.97. The van der Waals surface area contributed by atoms with E-state index < -0.39 is 0 Å². The van der Waals surface area contributed by atoms with E-state index in [1.165, 1.54) is 0 Å². The van der Waals surface area contributed by atoms with Crippen molar-refractivity contribution in [1.29, 1.82) is 0 Å². The number of aromatic nitrogens is 1. The minimum absolute atomic E-state index is 0.834. The molecule has 1 aromatic heterocycles. The highest BCUT2D eigenvalue weighted by molar-refractivity contribution is 5.77. The normalized spacial score (nSPS) is 10.1. The molecule has 14 heavy (non-hydrogen) atoms. The fourth-order valence-electron chi connectivity index (χ4n) is 1.45. The van der Waals surface area contributed by atoms with Crippen molar-refractivity contribution in [1.82, 2.24) is 4.98 Å². The fraction of sp³-hybridized carbons (Fsp3) is 0.0833. The van der Waals surface area contributed by atoms with Crippen molar-refractivity contribution in [2.24, 2.45) is 0 Å². The van der Waals surface area contributed by atoms with Gasteiger partial charge in [-0.25, -0.2) is 0 Å². The second kappa shape index (κ2) is 3.50. The zero-order valence-electron chi connectivity index (χ0n) is 8.07. The molecule has 2 aromatic rings. The minimum Gasteiger partial charge on any atom is -0.398 e. The SMILES string of the molecule is Cc1cccc(-c2cccnc2)c1N. The number of nitrogen functional groups attached to an aromatic ring is 1. The molecule has 0 bridgehead atoms. The van der Waals surface area contributed by atoms with Crippen LogP contribution in [0.15, 0.2) is 42.7 Å². The molecule has 1 aromatic carbocycles. The minimum atomic E-state index is 0.834. The summed E-state index contributed by atoms with van der Waals surface area (Å²) in [5, 5.41) is 0. The molecule has 2 heteroatoms. The first-order chi connectivity index (χ1) is 6.79. The molecule has 0 aliphatic rings. The van der Waals surface area contributed by atoms with Crippen molar-refractivity contribution in [3.63, 3.8) is 0 Å². The van der Waals surface area contributed by atoms with E-state index in [4.69, 9.17) is 5.73 Å². The van der Waals surface area contributed by atoms with Gasteiger partial charge < -0.3 is 5.73 Å². The van der Waals surface area contributed by atoms with Crippen LogP contribution in [0.5, 0.6) is 0 Å². The van der Waals surface area contributed by atoms with E-state index in [2.05, 4.69) is 4.98 Å². The molecule has 0 aliphatic heterocycles. The van der Waals surface area contributed by atoms with Gasteiger partial charge in [-0.1, -0.05) is 24.3 Å². The number of rotatable bonds is 1. The highest BCUT2D eigenvalue weighted by atomic mass is 14.6. The number of nitrogens with zero attached hydrogens (tertiary/aromatic N) is 1. The van der Waals surface area contributed by atoms with Gasteiger partial charge >= 0.3 is 0 Å². The zero-order valence-corrected chi connectivity index (χ0v) is 8.07. The molecule has 0 saturated carbocycles. The first-order valence-corrected chi connectivity index (χ1v) is 4.54. The van der Waals surface area contributed by atoms with Crippen LogP contribution in [0, 0.1) is 6.92 Å². The van der Waals surface area contributed by atoms with E-state index in [1.807, 2.05) is 43.5 Å². The predicted molar refractivity (Wildman–Crippen MR) is 58.8 cm³/mol.